The van der Waals surface area contributed by atoms with Gasteiger partial charge in [-0.15, -0.1) is 0 Å². The van der Waals surface area contributed by atoms with E-state index in [1.165, 1.54) is 0 Å². The summed E-state index contributed by atoms with van der Waals surface area (Å²) >= 11 is 0. The number of aromatic nitrogens is 2. The molecule has 0 N–H and O–H groups in total. The van der Waals surface area contributed by atoms with Crippen LogP contribution < -0.4 is 4.90 Å². The largest absolute Gasteiger partial charge is 0.280 e. The van der Waals surface area contributed by atoms with Gasteiger partial charge in [-0.3, -0.25) is 4.90 Å². The highest BCUT2D eigenvalue weighted by atomic mass is 15.2. The third-order valence-corrected chi connectivity index (χ3v) is 2.28. The molecule has 0 saturated carbocycles. The predicted molar refractivity (Wildman–Crippen MR) is 70.0 cm³/mol. The molecule has 17 heavy (non-hydrogen) atoms. The second-order valence-electron chi connectivity index (χ2n) is 3.41. The average Bonchev–Trinajstić information content (AvgIpc) is 2.41. The monoisotopic (exact) mass is 223 g/mol. The van der Waals surface area contributed by atoms with Gasteiger partial charge in [0.25, 0.3) is 0 Å². The molecule has 0 aliphatic rings. The Bertz CT molecular complexity index is 466. The van der Waals surface area contributed by atoms with Crippen LogP contribution in [0.2, 0.25) is 0 Å². The van der Waals surface area contributed by atoms with E-state index in [1.54, 1.807) is 18.5 Å². The summed E-state index contributed by atoms with van der Waals surface area (Å²) in [5, 5.41) is 0. The molecule has 0 atom stereocenters. The summed E-state index contributed by atoms with van der Waals surface area (Å²) in [6.45, 7) is 7.69. The Morgan fingerprint density at radius 1 is 1.00 bits per heavy atom. The van der Waals surface area contributed by atoms with Crippen LogP contribution in [0, 0.1) is 0 Å². The molecular weight excluding hydrogens is 210 g/mol. The highest BCUT2D eigenvalue weighted by Crippen LogP contribution is 2.25. The van der Waals surface area contributed by atoms with Crippen molar-refractivity contribution in [1.82, 2.24) is 9.97 Å². The molecule has 0 aliphatic heterocycles. The first kappa shape index (κ1) is 11.1. The first-order valence-electron chi connectivity index (χ1n) is 5.26. The Morgan fingerprint density at radius 3 is 1.88 bits per heavy atom. The molecule has 0 spiro atoms. The summed E-state index contributed by atoms with van der Waals surface area (Å²) in [7, 11) is 0. The zero-order valence-electron chi connectivity index (χ0n) is 9.45. The highest BCUT2D eigenvalue weighted by molar-refractivity contribution is 5.63. The van der Waals surface area contributed by atoms with Gasteiger partial charge in [0.1, 0.15) is 11.6 Å². The van der Waals surface area contributed by atoms with E-state index in [0.717, 1.165) is 17.3 Å². The standard InChI is InChI=1S/C14H13N3/c1-3-12(2)17(13-8-4-6-10-15-13)14-9-5-7-11-16-14/h3-11H,1-2H2. The fourth-order valence-electron chi connectivity index (χ4n) is 1.47. The quantitative estimate of drug-likeness (QED) is 0.744. The number of allylic oxidation sites excluding steroid dienone is 1. The first-order valence-corrected chi connectivity index (χ1v) is 5.26. The number of pyridine rings is 2. The topological polar surface area (TPSA) is 29.0 Å². The molecule has 0 unspecified atom stereocenters. The lowest BCUT2D eigenvalue weighted by atomic mass is 10.3. The molecule has 2 heterocycles. The van der Waals surface area contributed by atoms with Crippen LogP contribution in [0.15, 0.2) is 73.7 Å². The lowest BCUT2D eigenvalue weighted by Crippen LogP contribution is -2.16. The van der Waals surface area contributed by atoms with E-state index in [0.29, 0.717) is 0 Å². The van der Waals surface area contributed by atoms with Crippen LogP contribution in [0.1, 0.15) is 0 Å². The smallest absolute Gasteiger partial charge is 0.138 e. The molecule has 0 aliphatic carbocycles. The van der Waals surface area contributed by atoms with E-state index in [2.05, 4.69) is 23.1 Å². The van der Waals surface area contributed by atoms with Crippen LogP contribution in [0.25, 0.3) is 0 Å². The van der Waals surface area contributed by atoms with Crippen LogP contribution in [-0.4, -0.2) is 9.97 Å². The Kier molecular flexibility index (Phi) is 3.31. The molecular formula is C14H13N3. The van der Waals surface area contributed by atoms with Crippen LogP contribution >= 0.6 is 0 Å². The molecule has 3 nitrogen and oxygen atoms in total. The third kappa shape index (κ3) is 2.39. The van der Waals surface area contributed by atoms with E-state index in [1.807, 2.05) is 41.3 Å². The fraction of sp³-hybridized carbons (Fsp3) is 0. The zero-order chi connectivity index (χ0) is 12.1. The number of hydrogen-bond acceptors (Lipinski definition) is 3. The molecule has 0 bridgehead atoms. The van der Waals surface area contributed by atoms with Crippen LogP contribution in [0.5, 0.6) is 0 Å². The Hall–Kier alpha value is -2.42. The van der Waals surface area contributed by atoms with Crippen LogP contribution in [-0.2, 0) is 0 Å². The van der Waals surface area contributed by atoms with Crippen molar-refractivity contribution >= 4 is 11.6 Å². The number of nitrogens with zero attached hydrogens (tertiary/aromatic N) is 3. The van der Waals surface area contributed by atoms with Gasteiger partial charge in [-0.1, -0.05) is 25.3 Å². The van der Waals surface area contributed by atoms with Crippen molar-refractivity contribution in [2.75, 3.05) is 4.90 Å². The van der Waals surface area contributed by atoms with E-state index in [4.69, 9.17) is 0 Å². The molecule has 0 amide bonds. The molecule has 0 fully saturated rings. The maximum Gasteiger partial charge on any atom is 0.138 e. The third-order valence-electron chi connectivity index (χ3n) is 2.28. The molecule has 0 radical (unpaired) electrons. The van der Waals surface area contributed by atoms with Crippen molar-refractivity contribution in [2.45, 2.75) is 0 Å². The van der Waals surface area contributed by atoms with Gasteiger partial charge >= 0.3 is 0 Å². The zero-order valence-corrected chi connectivity index (χ0v) is 9.45. The minimum atomic E-state index is 0.738. The molecule has 2 aromatic heterocycles. The van der Waals surface area contributed by atoms with E-state index in [9.17, 15) is 0 Å². The summed E-state index contributed by atoms with van der Waals surface area (Å²) in [6, 6.07) is 11.4. The lowest BCUT2D eigenvalue weighted by Gasteiger charge is -2.22. The van der Waals surface area contributed by atoms with Crippen LogP contribution in [0.3, 0.4) is 0 Å². The van der Waals surface area contributed by atoms with Gasteiger partial charge in [-0.25, -0.2) is 9.97 Å². The van der Waals surface area contributed by atoms with Gasteiger partial charge in [-0.05, 0) is 30.3 Å². The molecule has 3 heteroatoms. The summed E-state index contributed by atoms with van der Waals surface area (Å²) in [5.74, 6) is 1.55. The van der Waals surface area contributed by atoms with Gasteiger partial charge < -0.3 is 0 Å². The molecule has 2 rings (SSSR count). The maximum atomic E-state index is 4.30. The van der Waals surface area contributed by atoms with Crippen molar-refractivity contribution in [2.24, 2.45) is 0 Å². The Morgan fingerprint density at radius 2 is 1.53 bits per heavy atom. The van der Waals surface area contributed by atoms with Crippen molar-refractivity contribution in [3.8, 4) is 0 Å². The summed E-state index contributed by atoms with van der Waals surface area (Å²) in [4.78, 5) is 10.5. The molecule has 0 aromatic carbocycles. The summed E-state index contributed by atoms with van der Waals surface area (Å²) in [6.07, 6.45) is 5.16. The average molecular weight is 223 g/mol. The number of anilines is 2. The number of rotatable bonds is 4. The van der Waals surface area contributed by atoms with Gasteiger partial charge in [-0.2, -0.15) is 0 Å². The maximum absolute atomic E-state index is 4.30. The van der Waals surface area contributed by atoms with Gasteiger partial charge in [0.2, 0.25) is 0 Å². The van der Waals surface area contributed by atoms with E-state index >= 15 is 0 Å². The molecule has 84 valence electrons. The number of hydrogen-bond donors (Lipinski definition) is 0. The minimum Gasteiger partial charge on any atom is -0.280 e. The van der Waals surface area contributed by atoms with Crippen molar-refractivity contribution in [3.63, 3.8) is 0 Å². The van der Waals surface area contributed by atoms with Crippen molar-refractivity contribution in [3.05, 3.63) is 73.7 Å². The van der Waals surface area contributed by atoms with Gasteiger partial charge in [0.15, 0.2) is 0 Å². The first-order chi connectivity index (χ1) is 8.33. The minimum absolute atomic E-state index is 0.738. The Balaban J connectivity index is 2.47. The summed E-state index contributed by atoms with van der Waals surface area (Å²) < 4.78 is 0. The highest BCUT2D eigenvalue weighted by Gasteiger charge is 2.12. The molecule has 0 saturated heterocycles. The molecule has 2 aromatic rings. The van der Waals surface area contributed by atoms with Crippen molar-refractivity contribution in [1.29, 1.82) is 0 Å². The van der Waals surface area contributed by atoms with Crippen LogP contribution in [0.4, 0.5) is 11.6 Å². The predicted octanol–water partition coefficient (Wildman–Crippen LogP) is 3.31. The summed E-state index contributed by atoms with van der Waals surface area (Å²) in [5.41, 5.74) is 0.738. The lowest BCUT2D eigenvalue weighted by molar-refractivity contribution is 1.09. The van der Waals surface area contributed by atoms with Crippen molar-refractivity contribution < 1.29 is 0 Å². The fourth-order valence-corrected chi connectivity index (χ4v) is 1.47. The second-order valence-corrected chi connectivity index (χ2v) is 3.41. The van der Waals surface area contributed by atoms with Gasteiger partial charge in [0.05, 0.1) is 0 Å². The second kappa shape index (κ2) is 5.07. The Labute approximate surface area is 101 Å². The SMILES string of the molecule is C=CC(=C)N(c1ccccn1)c1ccccn1. The van der Waals surface area contributed by atoms with E-state index < -0.39 is 0 Å². The van der Waals surface area contributed by atoms with E-state index in [-0.39, 0.29) is 0 Å². The van der Waals surface area contributed by atoms with Gasteiger partial charge in [0, 0.05) is 18.1 Å². The normalized spacial score (nSPS) is 9.65.